The minimum atomic E-state index is -0.783. The molecule has 0 aromatic heterocycles. The second-order valence-electron chi connectivity index (χ2n) is 4.25. The number of hydrogen-bond acceptors (Lipinski definition) is 2. The number of carbonyl (C=O) groups is 1. The highest BCUT2D eigenvalue weighted by molar-refractivity contribution is 6.23. The second kappa shape index (κ2) is 7.65. The summed E-state index contributed by atoms with van der Waals surface area (Å²) in [5.41, 5.74) is 0.385. The monoisotopic (exact) mass is 288 g/mol. The number of hydrogen-bond donors (Lipinski definition) is 0. The van der Waals surface area contributed by atoms with Crippen molar-refractivity contribution < 1.29 is 9.53 Å². The molecule has 0 radical (unpaired) electrons. The van der Waals surface area contributed by atoms with Crippen LogP contribution in [-0.2, 0) is 16.0 Å². The van der Waals surface area contributed by atoms with Crippen molar-refractivity contribution in [1.29, 1.82) is 0 Å². The van der Waals surface area contributed by atoms with E-state index in [1.165, 1.54) is 5.56 Å². The molecule has 18 heavy (non-hydrogen) atoms. The third-order valence-electron chi connectivity index (χ3n) is 2.96. The summed E-state index contributed by atoms with van der Waals surface area (Å²) in [6.07, 6.45) is 1.36. The molecular formula is C14H18Cl2O2. The van der Waals surface area contributed by atoms with Gasteiger partial charge in [-0.05, 0) is 25.3 Å². The van der Waals surface area contributed by atoms with E-state index in [4.69, 9.17) is 27.9 Å². The fourth-order valence-electron chi connectivity index (χ4n) is 1.69. The number of ether oxygens (including phenoxy) is 1. The van der Waals surface area contributed by atoms with E-state index in [2.05, 4.69) is 0 Å². The Morgan fingerprint density at radius 1 is 1.22 bits per heavy atom. The molecule has 0 N–H and O–H groups in total. The van der Waals surface area contributed by atoms with E-state index in [9.17, 15) is 4.79 Å². The molecule has 0 saturated heterocycles. The maximum absolute atomic E-state index is 12.0. The normalized spacial score (nSPS) is 11.3. The molecule has 0 heterocycles. The van der Waals surface area contributed by atoms with Gasteiger partial charge in [0.15, 0.2) is 0 Å². The Balaban J connectivity index is 2.71. The van der Waals surface area contributed by atoms with Crippen LogP contribution in [0.2, 0.25) is 0 Å². The fraction of sp³-hybridized carbons (Fsp3) is 0.500. The van der Waals surface area contributed by atoms with Crippen molar-refractivity contribution in [1.82, 2.24) is 0 Å². The van der Waals surface area contributed by atoms with E-state index in [-0.39, 0.29) is 17.7 Å². The van der Waals surface area contributed by atoms with E-state index in [1.807, 2.05) is 30.3 Å². The summed E-state index contributed by atoms with van der Waals surface area (Å²) in [7, 11) is 0. The van der Waals surface area contributed by atoms with Gasteiger partial charge in [-0.25, -0.2) is 0 Å². The smallest absolute Gasteiger partial charge is 0.314 e. The lowest BCUT2D eigenvalue weighted by atomic mass is 9.86. The van der Waals surface area contributed by atoms with Gasteiger partial charge in [0.1, 0.15) is 0 Å². The van der Waals surface area contributed by atoms with Crippen LogP contribution < -0.4 is 0 Å². The van der Waals surface area contributed by atoms with Crippen LogP contribution >= 0.6 is 23.2 Å². The van der Waals surface area contributed by atoms with Gasteiger partial charge in [0.05, 0.1) is 12.0 Å². The first-order chi connectivity index (χ1) is 8.68. The summed E-state index contributed by atoms with van der Waals surface area (Å²) in [5.74, 6) is 0.0653. The van der Waals surface area contributed by atoms with Crippen molar-refractivity contribution in [3.63, 3.8) is 0 Å². The number of alkyl halides is 2. The molecule has 0 fully saturated rings. The molecule has 0 aliphatic carbocycles. The van der Waals surface area contributed by atoms with Crippen LogP contribution in [0.15, 0.2) is 30.3 Å². The Morgan fingerprint density at radius 3 is 2.33 bits per heavy atom. The van der Waals surface area contributed by atoms with Gasteiger partial charge in [-0.3, -0.25) is 4.79 Å². The maximum atomic E-state index is 12.0. The van der Waals surface area contributed by atoms with Crippen molar-refractivity contribution in [3.8, 4) is 0 Å². The first-order valence-corrected chi connectivity index (χ1v) is 7.08. The molecule has 100 valence electrons. The highest BCUT2D eigenvalue weighted by Crippen LogP contribution is 2.29. The maximum Gasteiger partial charge on any atom is 0.314 e. The Hall–Kier alpha value is -0.730. The third-order valence-corrected chi connectivity index (χ3v) is 3.98. The first kappa shape index (κ1) is 15.3. The van der Waals surface area contributed by atoms with Crippen LogP contribution in [0.3, 0.4) is 0 Å². The summed E-state index contributed by atoms with van der Waals surface area (Å²) in [6, 6.07) is 9.97. The number of carbonyl (C=O) groups excluding carboxylic acids is 1. The van der Waals surface area contributed by atoms with Gasteiger partial charge in [-0.1, -0.05) is 30.3 Å². The lowest BCUT2D eigenvalue weighted by Gasteiger charge is -2.26. The predicted octanol–water partition coefficient (Wildman–Crippen LogP) is 3.65. The molecule has 0 saturated carbocycles. The van der Waals surface area contributed by atoms with E-state index in [0.717, 1.165) is 6.42 Å². The molecule has 0 bridgehead atoms. The lowest BCUT2D eigenvalue weighted by molar-refractivity contribution is -0.153. The Morgan fingerprint density at radius 2 is 1.83 bits per heavy atom. The summed E-state index contributed by atoms with van der Waals surface area (Å²) < 4.78 is 5.07. The zero-order valence-corrected chi connectivity index (χ0v) is 12.0. The summed E-state index contributed by atoms with van der Waals surface area (Å²) in [6.45, 7) is 2.13. The molecule has 1 aromatic rings. The predicted molar refractivity (Wildman–Crippen MR) is 75.3 cm³/mol. The molecule has 0 amide bonds. The van der Waals surface area contributed by atoms with E-state index in [0.29, 0.717) is 13.0 Å². The lowest BCUT2D eigenvalue weighted by Crippen LogP contribution is -2.37. The summed E-state index contributed by atoms with van der Waals surface area (Å²) in [4.78, 5) is 12.0. The topological polar surface area (TPSA) is 26.3 Å². The standard InChI is InChI=1S/C14H18Cl2O2/c1-2-18-13(17)14(10-15,11-16)9-8-12-6-4-3-5-7-12/h3-7H,2,8-11H2,1H3. The molecule has 0 spiro atoms. The Bertz CT molecular complexity index is 361. The van der Waals surface area contributed by atoms with Crippen LogP contribution in [-0.4, -0.2) is 24.3 Å². The van der Waals surface area contributed by atoms with Gasteiger partial charge in [-0.15, -0.1) is 23.2 Å². The SMILES string of the molecule is CCOC(=O)C(CCl)(CCl)CCc1ccccc1. The fourth-order valence-corrected chi connectivity index (χ4v) is 2.46. The van der Waals surface area contributed by atoms with E-state index in [1.54, 1.807) is 6.92 Å². The van der Waals surface area contributed by atoms with E-state index >= 15 is 0 Å². The van der Waals surface area contributed by atoms with Crippen molar-refractivity contribution >= 4 is 29.2 Å². The average Bonchev–Trinajstić information content (AvgIpc) is 2.42. The second-order valence-corrected chi connectivity index (χ2v) is 4.79. The van der Waals surface area contributed by atoms with Gasteiger partial charge < -0.3 is 4.74 Å². The largest absolute Gasteiger partial charge is 0.465 e. The van der Waals surface area contributed by atoms with Crippen molar-refractivity contribution in [2.24, 2.45) is 5.41 Å². The first-order valence-electron chi connectivity index (χ1n) is 6.01. The minimum Gasteiger partial charge on any atom is -0.465 e. The molecular weight excluding hydrogens is 271 g/mol. The summed E-state index contributed by atoms with van der Waals surface area (Å²) >= 11 is 11.9. The van der Waals surface area contributed by atoms with Crippen LogP contribution in [0.5, 0.6) is 0 Å². The molecule has 0 unspecified atom stereocenters. The van der Waals surface area contributed by atoms with Gasteiger partial charge in [0, 0.05) is 11.8 Å². The highest BCUT2D eigenvalue weighted by Gasteiger charge is 2.38. The van der Waals surface area contributed by atoms with E-state index < -0.39 is 5.41 Å². The van der Waals surface area contributed by atoms with Crippen molar-refractivity contribution in [2.75, 3.05) is 18.4 Å². The molecule has 0 atom stereocenters. The average molecular weight is 289 g/mol. The van der Waals surface area contributed by atoms with Gasteiger partial charge in [0.2, 0.25) is 0 Å². The molecule has 0 aliphatic rings. The zero-order valence-electron chi connectivity index (χ0n) is 10.5. The number of aryl methyl sites for hydroxylation is 1. The van der Waals surface area contributed by atoms with Crippen LogP contribution in [0.4, 0.5) is 0 Å². The molecule has 4 heteroatoms. The quantitative estimate of drug-likeness (QED) is 0.566. The molecule has 1 rings (SSSR count). The minimum absolute atomic E-state index is 0.183. The van der Waals surface area contributed by atoms with Gasteiger partial charge in [0.25, 0.3) is 0 Å². The van der Waals surface area contributed by atoms with Crippen LogP contribution in [0, 0.1) is 5.41 Å². The molecule has 1 aromatic carbocycles. The highest BCUT2D eigenvalue weighted by atomic mass is 35.5. The van der Waals surface area contributed by atoms with Gasteiger partial charge >= 0.3 is 5.97 Å². The molecule has 0 aliphatic heterocycles. The Labute approximate surface area is 118 Å². The Kier molecular flexibility index (Phi) is 6.51. The number of rotatable bonds is 7. The summed E-state index contributed by atoms with van der Waals surface area (Å²) in [5, 5.41) is 0. The van der Waals surface area contributed by atoms with Gasteiger partial charge in [-0.2, -0.15) is 0 Å². The molecule has 2 nitrogen and oxygen atoms in total. The van der Waals surface area contributed by atoms with Crippen LogP contribution in [0.25, 0.3) is 0 Å². The third kappa shape index (κ3) is 3.89. The number of esters is 1. The number of benzene rings is 1. The van der Waals surface area contributed by atoms with Crippen molar-refractivity contribution in [3.05, 3.63) is 35.9 Å². The zero-order chi connectivity index (χ0) is 13.4. The van der Waals surface area contributed by atoms with Crippen molar-refractivity contribution in [2.45, 2.75) is 19.8 Å². The van der Waals surface area contributed by atoms with Crippen LogP contribution in [0.1, 0.15) is 18.9 Å². The number of halogens is 2.